The molecule has 0 fully saturated rings. The van der Waals surface area contributed by atoms with E-state index in [0.29, 0.717) is 40.9 Å². The maximum atomic E-state index is 12.3. The van der Waals surface area contributed by atoms with Crippen LogP contribution in [0.5, 0.6) is 17.2 Å². The predicted octanol–water partition coefficient (Wildman–Crippen LogP) is 3.18. The van der Waals surface area contributed by atoms with Crippen molar-refractivity contribution in [3.63, 3.8) is 0 Å². The Balaban J connectivity index is 1.68. The lowest BCUT2D eigenvalue weighted by Gasteiger charge is -2.15. The molecule has 29 heavy (non-hydrogen) atoms. The first-order valence-corrected chi connectivity index (χ1v) is 8.84. The zero-order valence-corrected chi connectivity index (χ0v) is 16.4. The summed E-state index contributed by atoms with van der Waals surface area (Å²) in [5.41, 5.74) is 2.10. The van der Waals surface area contributed by atoms with Crippen molar-refractivity contribution in [1.29, 1.82) is 0 Å². The number of aromatic nitrogens is 2. The van der Waals surface area contributed by atoms with Gasteiger partial charge in [0.2, 0.25) is 5.75 Å². The van der Waals surface area contributed by atoms with Crippen molar-refractivity contribution < 1.29 is 19.0 Å². The molecule has 150 valence electrons. The second kappa shape index (κ2) is 9.41. The molecular formula is C21H22N4O4. The predicted molar refractivity (Wildman–Crippen MR) is 109 cm³/mol. The number of ether oxygens (including phenoxy) is 3. The van der Waals surface area contributed by atoms with Gasteiger partial charge in [-0.05, 0) is 23.8 Å². The van der Waals surface area contributed by atoms with Gasteiger partial charge in [-0.15, -0.1) is 0 Å². The van der Waals surface area contributed by atoms with Crippen LogP contribution in [0.2, 0.25) is 0 Å². The topological polar surface area (TPSA) is 94.6 Å². The van der Waals surface area contributed by atoms with Gasteiger partial charge in [0, 0.05) is 43.0 Å². The van der Waals surface area contributed by atoms with E-state index in [1.54, 1.807) is 58.0 Å². The lowest BCUT2D eigenvalue weighted by molar-refractivity contribution is 0.0950. The van der Waals surface area contributed by atoms with E-state index >= 15 is 0 Å². The summed E-state index contributed by atoms with van der Waals surface area (Å²) < 4.78 is 16.0. The van der Waals surface area contributed by atoms with Crippen LogP contribution in [0.1, 0.15) is 15.9 Å². The molecule has 2 heterocycles. The van der Waals surface area contributed by atoms with Gasteiger partial charge in [0.25, 0.3) is 5.91 Å². The summed E-state index contributed by atoms with van der Waals surface area (Å²) >= 11 is 0. The van der Waals surface area contributed by atoms with Gasteiger partial charge in [-0.25, -0.2) is 4.98 Å². The number of amides is 1. The molecule has 0 atom stereocenters. The summed E-state index contributed by atoms with van der Waals surface area (Å²) in [5, 5.41) is 6.00. The van der Waals surface area contributed by atoms with Crippen LogP contribution in [0.3, 0.4) is 0 Å². The fraction of sp³-hybridized carbons (Fsp3) is 0.190. The first-order valence-electron chi connectivity index (χ1n) is 8.84. The lowest BCUT2D eigenvalue weighted by Crippen LogP contribution is -2.22. The van der Waals surface area contributed by atoms with Crippen molar-refractivity contribution in [2.75, 3.05) is 26.6 Å². The summed E-state index contributed by atoms with van der Waals surface area (Å²) in [6.45, 7) is 0.401. The normalized spacial score (nSPS) is 10.2. The molecule has 8 nitrogen and oxygen atoms in total. The highest BCUT2D eigenvalue weighted by molar-refractivity contribution is 5.94. The summed E-state index contributed by atoms with van der Waals surface area (Å²) in [6, 6.07) is 10.7. The largest absolute Gasteiger partial charge is 0.493 e. The van der Waals surface area contributed by atoms with Gasteiger partial charge in [0.15, 0.2) is 11.5 Å². The molecule has 0 bridgehead atoms. The SMILES string of the molecule is COc1cc(Nc2ccc(C(=O)NCc3cccnc3)cn2)cc(OC)c1OC. The molecule has 0 aliphatic rings. The van der Waals surface area contributed by atoms with Crippen molar-refractivity contribution in [2.24, 2.45) is 0 Å². The van der Waals surface area contributed by atoms with E-state index in [0.717, 1.165) is 5.56 Å². The highest BCUT2D eigenvalue weighted by atomic mass is 16.5. The van der Waals surface area contributed by atoms with Crippen molar-refractivity contribution in [3.8, 4) is 17.2 Å². The zero-order valence-electron chi connectivity index (χ0n) is 16.4. The number of benzene rings is 1. The highest BCUT2D eigenvalue weighted by Crippen LogP contribution is 2.40. The van der Waals surface area contributed by atoms with Gasteiger partial charge in [-0.1, -0.05) is 6.07 Å². The maximum Gasteiger partial charge on any atom is 0.253 e. The van der Waals surface area contributed by atoms with Gasteiger partial charge < -0.3 is 24.8 Å². The van der Waals surface area contributed by atoms with Gasteiger partial charge in [0.1, 0.15) is 5.82 Å². The van der Waals surface area contributed by atoms with Crippen molar-refractivity contribution in [3.05, 3.63) is 66.1 Å². The Morgan fingerprint density at radius 1 is 1.00 bits per heavy atom. The number of rotatable bonds is 8. The minimum Gasteiger partial charge on any atom is -0.493 e. The Bertz CT molecular complexity index is 937. The monoisotopic (exact) mass is 394 g/mol. The second-order valence-electron chi connectivity index (χ2n) is 6.02. The smallest absolute Gasteiger partial charge is 0.253 e. The molecule has 0 radical (unpaired) electrons. The summed E-state index contributed by atoms with van der Waals surface area (Å²) in [4.78, 5) is 20.6. The number of nitrogens with one attached hydrogen (secondary N) is 2. The average Bonchev–Trinajstić information content (AvgIpc) is 2.77. The molecule has 0 aliphatic heterocycles. The Hall–Kier alpha value is -3.81. The van der Waals surface area contributed by atoms with Crippen LogP contribution in [0.15, 0.2) is 55.0 Å². The zero-order chi connectivity index (χ0) is 20.6. The van der Waals surface area contributed by atoms with E-state index in [2.05, 4.69) is 20.6 Å². The van der Waals surface area contributed by atoms with Gasteiger partial charge in [-0.3, -0.25) is 9.78 Å². The fourth-order valence-corrected chi connectivity index (χ4v) is 2.69. The van der Waals surface area contributed by atoms with Crippen LogP contribution in [-0.2, 0) is 6.54 Å². The van der Waals surface area contributed by atoms with Gasteiger partial charge in [0.05, 0.1) is 26.9 Å². The molecular weight excluding hydrogens is 372 g/mol. The molecule has 1 amide bonds. The molecule has 0 spiro atoms. The summed E-state index contributed by atoms with van der Waals surface area (Å²) in [5.74, 6) is 1.93. The molecule has 3 aromatic rings. The Morgan fingerprint density at radius 3 is 2.31 bits per heavy atom. The van der Waals surface area contributed by atoms with E-state index in [4.69, 9.17) is 14.2 Å². The number of hydrogen-bond donors (Lipinski definition) is 2. The molecule has 0 saturated heterocycles. The minimum atomic E-state index is -0.208. The average molecular weight is 394 g/mol. The molecule has 2 N–H and O–H groups in total. The van der Waals surface area contributed by atoms with Crippen molar-refractivity contribution >= 4 is 17.4 Å². The molecule has 0 unspecified atom stereocenters. The number of anilines is 2. The lowest BCUT2D eigenvalue weighted by atomic mass is 10.2. The molecule has 3 rings (SSSR count). The van der Waals surface area contributed by atoms with Crippen LogP contribution in [0.25, 0.3) is 0 Å². The van der Waals surface area contributed by atoms with E-state index in [1.807, 2.05) is 12.1 Å². The number of carbonyl (C=O) groups is 1. The van der Waals surface area contributed by atoms with Crippen LogP contribution < -0.4 is 24.8 Å². The molecule has 8 heteroatoms. The number of hydrogen-bond acceptors (Lipinski definition) is 7. The summed E-state index contributed by atoms with van der Waals surface area (Å²) in [6.07, 6.45) is 4.91. The van der Waals surface area contributed by atoms with Crippen LogP contribution in [-0.4, -0.2) is 37.2 Å². The number of carbonyl (C=O) groups excluding carboxylic acids is 1. The molecule has 0 saturated carbocycles. The van der Waals surface area contributed by atoms with Gasteiger partial charge >= 0.3 is 0 Å². The van der Waals surface area contributed by atoms with Crippen molar-refractivity contribution in [2.45, 2.75) is 6.54 Å². The Kier molecular flexibility index (Phi) is 6.47. The standard InChI is InChI=1S/C21H22N4O4/c1-27-17-9-16(10-18(28-2)20(17)29-3)25-19-7-6-15(13-23-19)21(26)24-12-14-5-4-8-22-11-14/h4-11,13H,12H2,1-3H3,(H,23,25)(H,24,26). The van der Waals surface area contributed by atoms with E-state index < -0.39 is 0 Å². The maximum absolute atomic E-state index is 12.3. The molecule has 2 aromatic heterocycles. The third-order valence-corrected chi connectivity index (χ3v) is 4.14. The Labute approximate surface area is 168 Å². The van der Waals surface area contributed by atoms with Crippen molar-refractivity contribution in [1.82, 2.24) is 15.3 Å². The minimum absolute atomic E-state index is 0.208. The number of nitrogens with zero attached hydrogens (tertiary/aromatic N) is 2. The third-order valence-electron chi connectivity index (χ3n) is 4.14. The molecule has 0 aliphatic carbocycles. The van der Waals surface area contributed by atoms with E-state index in [1.165, 1.54) is 6.20 Å². The number of pyridine rings is 2. The van der Waals surface area contributed by atoms with E-state index in [9.17, 15) is 4.79 Å². The van der Waals surface area contributed by atoms with Crippen LogP contribution in [0, 0.1) is 0 Å². The second-order valence-corrected chi connectivity index (χ2v) is 6.02. The number of methoxy groups -OCH3 is 3. The third kappa shape index (κ3) is 4.92. The van der Waals surface area contributed by atoms with Crippen LogP contribution in [0.4, 0.5) is 11.5 Å². The molecule has 1 aromatic carbocycles. The highest BCUT2D eigenvalue weighted by Gasteiger charge is 2.14. The fourth-order valence-electron chi connectivity index (χ4n) is 2.69. The first kappa shape index (κ1) is 19.9. The first-order chi connectivity index (χ1) is 14.1. The quantitative estimate of drug-likeness (QED) is 0.606. The Morgan fingerprint density at radius 2 is 1.76 bits per heavy atom. The van der Waals surface area contributed by atoms with Gasteiger partial charge in [-0.2, -0.15) is 0 Å². The van der Waals surface area contributed by atoms with Crippen LogP contribution >= 0.6 is 0 Å². The summed E-state index contributed by atoms with van der Waals surface area (Å²) in [7, 11) is 4.66. The van der Waals surface area contributed by atoms with E-state index in [-0.39, 0.29) is 5.91 Å².